The molecule has 5 nitrogen and oxygen atoms in total. The van der Waals surface area contributed by atoms with Crippen LogP contribution in [-0.4, -0.2) is 26.0 Å². The van der Waals surface area contributed by atoms with Gasteiger partial charge >= 0.3 is 5.97 Å². The first-order valence-electron chi connectivity index (χ1n) is 7.17. The molecular weight excluding hydrogens is 453 g/mol. The molecule has 1 N–H and O–H groups in total. The topological polar surface area (TPSA) is 74.7 Å². The fourth-order valence-electron chi connectivity index (χ4n) is 2.13. The van der Waals surface area contributed by atoms with Gasteiger partial charge in [-0.25, -0.2) is 8.42 Å². The first-order valence-corrected chi connectivity index (χ1v) is 10.2. The van der Waals surface area contributed by atoms with Crippen LogP contribution in [0.4, 0.5) is 5.69 Å². The zero-order valence-corrected chi connectivity index (χ0v) is 16.7. The Kier molecular flexibility index (Phi) is 6.73. The molecule has 2 aromatic carbocycles. The van der Waals surface area contributed by atoms with Crippen LogP contribution in [0.3, 0.4) is 0 Å². The quantitative estimate of drug-likeness (QED) is 0.634. The fourth-order valence-corrected chi connectivity index (χ4v) is 4.29. The number of hydrogen-bond donors (Lipinski definition) is 1. The maximum absolute atomic E-state index is 13.0. The lowest BCUT2D eigenvalue weighted by atomic mass is 10.3. The highest BCUT2D eigenvalue weighted by Crippen LogP contribution is 2.30. The smallest absolute Gasteiger partial charge is 0.303 e. The van der Waals surface area contributed by atoms with E-state index in [9.17, 15) is 13.2 Å². The van der Waals surface area contributed by atoms with Crippen LogP contribution in [0.25, 0.3) is 0 Å². The Morgan fingerprint density at radius 3 is 2.28 bits per heavy atom. The van der Waals surface area contributed by atoms with Crippen molar-refractivity contribution in [3.63, 3.8) is 0 Å². The Morgan fingerprint density at radius 1 is 1.08 bits per heavy atom. The predicted octanol–water partition coefficient (Wildman–Crippen LogP) is 4.82. The molecular formula is C16H14BrCl2NO4S. The fraction of sp³-hybridized carbons (Fsp3) is 0.188. The normalized spacial score (nSPS) is 11.3. The third kappa shape index (κ3) is 5.10. The number of carboxylic acids is 1. The monoisotopic (exact) mass is 465 g/mol. The number of aliphatic carboxylic acids is 1. The Bertz CT molecular complexity index is 872. The van der Waals surface area contributed by atoms with Crippen molar-refractivity contribution in [2.45, 2.75) is 17.7 Å². The summed E-state index contributed by atoms with van der Waals surface area (Å²) in [5, 5.41) is 9.19. The van der Waals surface area contributed by atoms with E-state index in [1.54, 1.807) is 24.3 Å². The summed E-state index contributed by atoms with van der Waals surface area (Å²) in [7, 11) is -3.92. The lowest BCUT2D eigenvalue weighted by Crippen LogP contribution is -2.32. The van der Waals surface area contributed by atoms with E-state index in [0.717, 1.165) is 4.47 Å². The predicted molar refractivity (Wildman–Crippen MR) is 102 cm³/mol. The number of carboxylic acid groups (broad SMARTS) is 1. The molecule has 0 aliphatic heterocycles. The van der Waals surface area contributed by atoms with Gasteiger partial charge in [0.25, 0.3) is 10.0 Å². The Labute approximate surface area is 164 Å². The molecule has 0 aliphatic carbocycles. The van der Waals surface area contributed by atoms with Crippen LogP contribution in [0, 0.1) is 0 Å². The highest BCUT2D eigenvalue weighted by molar-refractivity contribution is 9.10. The van der Waals surface area contributed by atoms with Crippen LogP contribution in [0.15, 0.2) is 51.8 Å². The maximum atomic E-state index is 13.0. The molecule has 0 radical (unpaired) electrons. The summed E-state index contributed by atoms with van der Waals surface area (Å²) in [5.41, 5.74) is 0.430. The number of halogens is 3. The third-order valence-corrected chi connectivity index (χ3v) is 6.44. The SMILES string of the molecule is O=C(O)CCCN(c1ccc(Br)cc1)S(=O)(=O)c1ccc(Cl)c(Cl)c1. The molecule has 2 aromatic rings. The van der Waals surface area contributed by atoms with E-state index in [1.807, 2.05) is 0 Å². The van der Waals surface area contributed by atoms with E-state index < -0.39 is 16.0 Å². The molecule has 0 fully saturated rings. The van der Waals surface area contributed by atoms with Gasteiger partial charge in [0.1, 0.15) is 0 Å². The molecule has 0 aliphatic rings. The number of carbonyl (C=O) groups is 1. The lowest BCUT2D eigenvalue weighted by Gasteiger charge is -2.24. The first kappa shape index (κ1) is 20.0. The molecule has 0 heterocycles. The van der Waals surface area contributed by atoms with Crippen molar-refractivity contribution in [1.82, 2.24) is 0 Å². The van der Waals surface area contributed by atoms with E-state index in [4.69, 9.17) is 28.3 Å². The number of sulfonamides is 1. The zero-order valence-electron chi connectivity index (χ0n) is 12.8. The second-order valence-corrected chi connectivity index (χ2v) is 8.72. The van der Waals surface area contributed by atoms with E-state index >= 15 is 0 Å². The first-order chi connectivity index (χ1) is 11.7. The van der Waals surface area contributed by atoms with Gasteiger partial charge in [0.2, 0.25) is 0 Å². The summed E-state index contributed by atoms with van der Waals surface area (Å²) in [6.07, 6.45) is 0.0376. The van der Waals surface area contributed by atoms with Gasteiger partial charge in [0.15, 0.2) is 0 Å². The summed E-state index contributed by atoms with van der Waals surface area (Å²) < 4.78 is 28.0. The number of hydrogen-bond acceptors (Lipinski definition) is 3. The van der Waals surface area contributed by atoms with E-state index in [-0.39, 0.29) is 34.3 Å². The summed E-state index contributed by atoms with van der Waals surface area (Å²) in [4.78, 5) is 10.7. The number of rotatable bonds is 7. The molecule has 0 saturated carbocycles. The summed E-state index contributed by atoms with van der Waals surface area (Å²) >= 11 is 15.1. The molecule has 0 spiro atoms. The van der Waals surface area contributed by atoms with Gasteiger partial charge in [-0.3, -0.25) is 9.10 Å². The van der Waals surface area contributed by atoms with Crippen molar-refractivity contribution in [1.29, 1.82) is 0 Å². The second-order valence-electron chi connectivity index (χ2n) is 5.13. The van der Waals surface area contributed by atoms with Crippen molar-refractivity contribution < 1.29 is 18.3 Å². The molecule has 0 atom stereocenters. The average molecular weight is 467 g/mol. The van der Waals surface area contributed by atoms with E-state index in [2.05, 4.69) is 15.9 Å². The van der Waals surface area contributed by atoms with Crippen molar-refractivity contribution >= 4 is 60.8 Å². The van der Waals surface area contributed by atoms with Gasteiger partial charge in [0.05, 0.1) is 20.6 Å². The second kappa shape index (κ2) is 8.40. The van der Waals surface area contributed by atoms with Crippen LogP contribution in [0.1, 0.15) is 12.8 Å². The van der Waals surface area contributed by atoms with Gasteiger partial charge in [-0.05, 0) is 48.9 Å². The number of nitrogens with zero attached hydrogens (tertiary/aromatic N) is 1. The van der Waals surface area contributed by atoms with Gasteiger partial charge in [-0.15, -0.1) is 0 Å². The number of benzene rings is 2. The highest BCUT2D eigenvalue weighted by Gasteiger charge is 2.25. The van der Waals surface area contributed by atoms with E-state index in [1.165, 1.54) is 22.5 Å². The Balaban J connectivity index is 2.42. The Morgan fingerprint density at radius 2 is 1.72 bits per heavy atom. The third-order valence-electron chi connectivity index (χ3n) is 3.35. The van der Waals surface area contributed by atoms with Crippen molar-refractivity contribution in [3.8, 4) is 0 Å². The Hall–Kier alpha value is -1.28. The molecule has 0 bridgehead atoms. The molecule has 2 rings (SSSR count). The lowest BCUT2D eigenvalue weighted by molar-refractivity contribution is -0.137. The number of anilines is 1. The molecule has 0 amide bonds. The summed E-state index contributed by atoms with van der Waals surface area (Å²) in [5.74, 6) is -0.984. The van der Waals surface area contributed by atoms with Crippen molar-refractivity contribution in [2.75, 3.05) is 10.8 Å². The summed E-state index contributed by atoms with van der Waals surface area (Å²) in [6.45, 7) is 0.0243. The minimum absolute atomic E-state index is 0.0138. The van der Waals surface area contributed by atoms with Crippen molar-refractivity contribution in [2.24, 2.45) is 0 Å². The van der Waals surface area contributed by atoms with Gasteiger partial charge in [-0.2, -0.15) is 0 Å². The van der Waals surface area contributed by atoms with Crippen LogP contribution in [0.5, 0.6) is 0 Å². The minimum Gasteiger partial charge on any atom is -0.481 e. The highest BCUT2D eigenvalue weighted by atomic mass is 79.9. The van der Waals surface area contributed by atoms with Crippen molar-refractivity contribution in [3.05, 3.63) is 57.0 Å². The maximum Gasteiger partial charge on any atom is 0.303 e. The van der Waals surface area contributed by atoms with E-state index in [0.29, 0.717) is 5.69 Å². The zero-order chi connectivity index (χ0) is 18.6. The van der Waals surface area contributed by atoms with Gasteiger partial charge in [-0.1, -0.05) is 39.1 Å². The van der Waals surface area contributed by atoms with Crippen LogP contribution >= 0.6 is 39.1 Å². The molecule has 0 saturated heterocycles. The summed E-state index contributed by atoms with van der Waals surface area (Å²) in [6, 6.07) is 10.8. The van der Waals surface area contributed by atoms with Crippen LogP contribution in [-0.2, 0) is 14.8 Å². The van der Waals surface area contributed by atoms with Gasteiger partial charge < -0.3 is 5.11 Å². The minimum atomic E-state index is -3.92. The van der Waals surface area contributed by atoms with Crippen LogP contribution < -0.4 is 4.31 Å². The standard InChI is InChI=1S/C16H14BrCl2NO4S/c17-11-3-5-12(6-4-11)20(9-1-2-16(21)22)25(23,24)13-7-8-14(18)15(19)10-13/h3-8,10H,1-2,9H2,(H,21,22). The molecule has 9 heteroatoms. The van der Waals surface area contributed by atoms with Gasteiger partial charge in [0, 0.05) is 17.4 Å². The van der Waals surface area contributed by atoms with Crippen LogP contribution in [0.2, 0.25) is 10.0 Å². The molecule has 0 aromatic heterocycles. The average Bonchev–Trinajstić information content (AvgIpc) is 2.55. The molecule has 134 valence electrons. The largest absolute Gasteiger partial charge is 0.481 e. The molecule has 0 unspecified atom stereocenters. The molecule has 25 heavy (non-hydrogen) atoms.